The van der Waals surface area contributed by atoms with Gasteiger partial charge in [0.05, 0.1) is 25.4 Å². The Morgan fingerprint density at radius 3 is 2.22 bits per heavy atom. The molecule has 9 unspecified atom stereocenters. The summed E-state index contributed by atoms with van der Waals surface area (Å²) in [5.41, 5.74) is 1.31. The van der Waals surface area contributed by atoms with Gasteiger partial charge in [-0.2, -0.15) is 0 Å². The zero-order valence-electron chi connectivity index (χ0n) is 29.2. The van der Waals surface area contributed by atoms with Crippen molar-refractivity contribution in [1.29, 1.82) is 0 Å². The Kier molecular flexibility index (Phi) is 10.3. The predicted molar refractivity (Wildman–Crippen MR) is 173 cm³/mol. The molecule has 15 atom stereocenters. The van der Waals surface area contributed by atoms with Gasteiger partial charge in [-0.15, -0.1) is 0 Å². The average Bonchev–Trinajstić information content (AvgIpc) is 3.34. The molecule has 5 N–H and O–H groups in total. The van der Waals surface area contributed by atoms with Gasteiger partial charge in [0, 0.05) is 7.11 Å². The van der Waals surface area contributed by atoms with Crippen LogP contribution in [0.1, 0.15) is 106 Å². The normalized spacial score (nSPS) is 49.8. The number of hydrogen-bond acceptors (Lipinski definition) is 8. The molecule has 0 radical (unpaired) electrons. The summed E-state index contributed by atoms with van der Waals surface area (Å²) in [5.74, 6) is 1.39. The Balaban J connectivity index is 1.39. The molecule has 8 heteroatoms. The lowest BCUT2D eigenvalue weighted by Gasteiger charge is -2.70. The Morgan fingerprint density at radius 2 is 1.56 bits per heavy atom. The fourth-order valence-electron chi connectivity index (χ4n) is 11.9. The number of fused-ring (bicyclic) bond motifs is 5. The van der Waals surface area contributed by atoms with E-state index in [1.54, 1.807) is 0 Å². The fourth-order valence-corrected chi connectivity index (χ4v) is 11.9. The largest absolute Gasteiger partial charge is 0.393 e. The van der Waals surface area contributed by atoms with Crippen LogP contribution < -0.4 is 0 Å². The fraction of sp³-hybridized carbons (Fsp3) is 0.946. The van der Waals surface area contributed by atoms with Crippen LogP contribution >= 0.6 is 0 Å². The van der Waals surface area contributed by atoms with E-state index in [4.69, 9.17) is 14.2 Å². The van der Waals surface area contributed by atoms with E-state index in [0.29, 0.717) is 18.4 Å². The number of allylic oxidation sites excluding steroid dienone is 2. The first-order valence-electron chi connectivity index (χ1n) is 17.8. The summed E-state index contributed by atoms with van der Waals surface area (Å²) in [6.45, 7) is 16.7. The highest BCUT2D eigenvalue weighted by atomic mass is 16.7. The lowest BCUT2D eigenvalue weighted by Crippen LogP contribution is -2.66. The molecule has 1 saturated heterocycles. The highest BCUT2D eigenvalue weighted by molar-refractivity contribution is 5.19. The Labute approximate surface area is 271 Å². The monoisotopic (exact) mass is 636 g/mol. The van der Waals surface area contributed by atoms with E-state index < -0.39 is 36.8 Å². The third-order valence-electron chi connectivity index (χ3n) is 14.6. The topological polar surface area (TPSA) is 129 Å². The molecule has 1 heterocycles. The highest BCUT2D eigenvalue weighted by Gasteiger charge is 2.70. The van der Waals surface area contributed by atoms with Crippen molar-refractivity contribution in [3.05, 3.63) is 11.6 Å². The maximum atomic E-state index is 12.2. The molecule has 0 aromatic carbocycles. The van der Waals surface area contributed by atoms with Crippen LogP contribution in [0.5, 0.6) is 0 Å². The number of hydrogen-bond donors (Lipinski definition) is 5. The number of methoxy groups -OCH3 is 1. The molecule has 5 rings (SSSR count). The minimum absolute atomic E-state index is 0.0202. The molecule has 260 valence electrons. The predicted octanol–water partition coefficient (Wildman–Crippen LogP) is 4.84. The van der Waals surface area contributed by atoms with Crippen LogP contribution in [-0.4, -0.2) is 88.8 Å². The molecule has 45 heavy (non-hydrogen) atoms. The van der Waals surface area contributed by atoms with Crippen molar-refractivity contribution in [3.8, 4) is 0 Å². The summed E-state index contributed by atoms with van der Waals surface area (Å²) >= 11 is 0. The molecule has 4 saturated carbocycles. The van der Waals surface area contributed by atoms with Gasteiger partial charge in [-0.05, 0) is 123 Å². The maximum absolute atomic E-state index is 12.2. The molecule has 0 amide bonds. The lowest BCUT2D eigenvalue weighted by atomic mass is 9.35. The molecule has 1 aliphatic heterocycles. The Hall–Kier alpha value is -0.580. The highest BCUT2D eigenvalue weighted by Crippen LogP contribution is 2.75. The van der Waals surface area contributed by atoms with Crippen LogP contribution in [0.15, 0.2) is 11.6 Å². The second kappa shape index (κ2) is 13.0. The third kappa shape index (κ3) is 5.89. The van der Waals surface area contributed by atoms with Gasteiger partial charge < -0.3 is 39.7 Å². The molecule has 5 fully saturated rings. The van der Waals surface area contributed by atoms with Gasteiger partial charge in [-0.25, -0.2) is 0 Å². The zero-order valence-corrected chi connectivity index (χ0v) is 29.2. The van der Waals surface area contributed by atoms with Crippen LogP contribution in [0, 0.1) is 51.2 Å². The minimum Gasteiger partial charge on any atom is -0.393 e. The van der Waals surface area contributed by atoms with E-state index in [0.717, 1.165) is 57.8 Å². The first-order valence-corrected chi connectivity index (χ1v) is 17.8. The van der Waals surface area contributed by atoms with Crippen LogP contribution in [-0.2, 0) is 14.2 Å². The quantitative estimate of drug-likeness (QED) is 0.228. The summed E-state index contributed by atoms with van der Waals surface area (Å²) in [6, 6.07) is 0. The van der Waals surface area contributed by atoms with Crippen molar-refractivity contribution in [1.82, 2.24) is 0 Å². The SMILES string of the molecule is COCC1OC(OC[C@H](CCC=C(C)C)C2CC[C@]3(C)C2[C@H](O)CC2[C@@]4(C)CC[C@H](O)C(C)(C)C4CC[C@]23C)C(O)C(O)C1O. The van der Waals surface area contributed by atoms with Crippen LogP contribution in [0.2, 0.25) is 0 Å². The molecular weight excluding hydrogens is 572 g/mol. The molecule has 0 aromatic rings. The van der Waals surface area contributed by atoms with Crippen molar-refractivity contribution in [2.24, 2.45) is 51.2 Å². The maximum Gasteiger partial charge on any atom is 0.186 e. The van der Waals surface area contributed by atoms with Crippen LogP contribution in [0.4, 0.5) is 0 Å². The van der Waals surface area contributed by atoms with E-state index in [1.807, 2.05) is 0 Å². The van der Waals surface area contributed by atoms with Crippen molar-refractivity contribution in [2.75, 3.05) is 20.3 Å². The van der Waals surface area contributed by atoms with Crippen LogP contribution in [0.3, 0.4) is 0 Å². The molecule has 8 nitrogen and oxygen atoms in total. The van der Waals surface area contributed by atoms with Crippen LogP contribution in [0.25, 0.3) is 0 Å². The van der Waals surface area contributed by atoms with Crippen molar-refractivity contribution in [3.63, 3.8) is 0 Å². The number of rotatable bonds is 9. The minimum atomic E-state index is -1.39. The van der Waals surface area contributed by atoms with Gasteiger partial charge in [0.25, 0.3) is 0 Å². The molecule has 0 spiro atoms. The number of aliphatic hydroxyl groups is 5. The molecule has 4 aliphatic carbocycles. The van der Waals surface area contributed by atoms with Crippen molar-refractivity contribution in [2.45, 2.75) is 149 Å². The van der Waals surface area contributed by atoms with E-state index in [-0.39, 0.29) is 52.1 Å². The summed E-state index contributed by atoms with van der Waals surface area (Å²) in [4.78, 5) is 0. The van der Waals surface area contributed by atoms with Gasteiger partial charge in [-0.1, -0.05) is 46.3 Å². The summed E-state index contributed by atoms with van der Waals surface area (Å²) in [7, 11) is 1.51. The van der Waals surface area contributed by atoms with E-state index in [2.05, 4.69) is 54.5 Å². The second-order valence-corrected chi connectivity index (χ2v) is 17.3. The van der Waals surface area contributed by atoms with Gasteiger partial charge in [0.1, 0.15) is 24.4 Å². The first kappa shape index (κ1) is 35.7. The van der Waals surface area contributed by atoms with Gasteiger partial charge in [0.2, 0.25) is 0 Å². The van der Waals surface area contributed by atoms with Crippen molar-refractivity contribution >= 4 is 0 Å². The standard InChI is InChI=1S/C37H64O8/c1-21(2)10-9-11-22(19-44-33-32(42)31(41)30(40)25(45-33)20-43-8)23-12-16-37(7)29(23)24(38)18-27-35(5)15-14-28(39)34(3,4)26(35)13-17-36(27,37)6/h10,22-33,38-42H,9,11-20H2,1-8H3/t22-,23?,24+,25?,26?,27?,28-,29?,30?,31?,32?,33?,35-,36+,37+/m0/s1. The Morgan fingerprint density at radius 1 is 0.867 bits per heavy atom. The second-order valence-electron chi connectivity index (χ2n) is 17.3. The van der Waals surface area contributed by atoms with E-state index >= 15 is 0 Å². The average molecular weight is 637 g/mol. The molecular formula is C37H64O8. The van der Waals surface area contributed by atoms with Crippen molar-refractivity contribution < 1.29 is 39.7 Å². The van der Waals surface area contributed by atoms with Gasteiger partial charge in [-0.3, -0.25) is 0 Å². The summed E-state index contributed by atoms with van der Waals surface area (Å²) in [5, 5.41) is 54.9. The summed E-state index contributed by atoms with van der Waals surface area (Å²) in [6.07, 6.45) is 4.53. The van der Waals surface area contributed by atoms with E-state index in [1.165, 1.54) is 12.7 Å². The Bertz CT molecular complexity index is 1060. The smallest absolute Gasteiger partial charge is 0.186 e. The number of aliphatic hydroxyl groups excluding tert-OH is 5. The number of ether oxygens (including phenoxy) is 3. The van der Waals surface area contributed by atoms with E-state index in [9.17, 15) is 25.5 Å². The lowest BCUT2D eigenvalue weighted by molar-refractivity contribution is -0.305. The zero-order chi connectivity index (χ0) is 33.1. The molecule has 5 aliphatic rings. The molecule has 0 bridgehead atoms. The van der Waals surface area contributed by atoms with Gasteiger partial charge in [0.15, 0.2) is 6.29 Å². The first-order chi connectivity index (χ1) is 21.0. The van der Waals surface area contributed by atoms with Gasteiger partial charge >= 0.3 is 0 Å². The third-order valence-corrected chi connectivity index (χ3v) is 14.6. The summed E-state index contributed by atoms with van der Waals surface area (Å²) < 4.78 is 17.4. The molecule has 0 aromatic heterocycles.